The van der Waals surface area contributed by atoms with Gasteiger partial charge in [0.05, 0.1) is 29.5 Å². The Morgan fingerprint density at radius 3 is 2.44 bits per heavy atom. The van der Waals surface area contributed by atoms with Gasteiger partial charge >= 0.3 is 5.97 Å². The van der Waals surface area contributed by atoms with Gasteiger partial charge in [-0.25, -0.2) is 22.3 Å². The summed E-state index contributed by atoms with van der Waals surface area (Å²) in [5, 5.41) is 7.86. The van der Waals surface area contributed by atoms with E-state index in [9.17, 15) is 22.4 Å². The number of hydrogen-bond donors (Lipinski definition) is 1. The topological polar surface area (TPSA) is 120 Å². The Kier molecular flexibility index (Phi) is 7.49. The molecule has 1 aliphatic rings. The number of thiophene rings is 1. The summed E-state index contributed by atoms with van der Waals surface area (Å²) in [7, 11) is -3.65. The summed E-state index contributed by atoms with van der Waals surface area (Å²) in [6.07, 6.45) is -1.12. The molecule has 1 atom stereocenters. The summed E-state index contributed by atoms with van der Waals surface area (Å²) in [5.74, 6) is -1.60. The Bertz CT molecular complexity index is 1630. The van der Waals surface area contributed by atoms with E-state index < -0.39 is 28.0 Å². The van der Waals surface area contributed by atoms with Crippen LogP contribution in [-0.2, 0) is 24.3 Å². The summed E-state index contributed by atoms with van der Waals surface area (Å²) in [4.78, 5) is 26.6. The van der Waals surface area contributed by atoms with Gasteiger partial charge in [0.15, 0.2) is 6.10 Å². The standard InChI is InChI=1S/C26H25FN4O6S2/c1-16-22-15-23(38-25(22)31(29-16)20-7-3-18(27)4-8-20)26(33)37-17(2)24(32)28-19-5-9-21(10-6-19)39(34,35)30-11-13-36-14-12-30/h3-10,15,17H,11-14H2,1-2H3,(H,28,32)/t17-/m1/s1. The van der Waals surface area contributed by atoms with Gasteiger partial charge < -0.3 is 14.8 Å². The fourth-order valence-electron chi connectivity index (χ4n) is 4.07. The van der Waals surface area contributed by atoms with E-state index in [1.54, 1.807) is 29.8 Å². The normalized spacial score (nSPS) is 15.3. The molecule has 0 aliphatic carbocycles. The van der Waals surface area contributed by atoms with E-state index in [0.29, 0.717) is 40.0 Å². The number of fused-ring (bicyclic) bond motifs is 1. The first-order valence-corrected chi connectivity index (χ1v) is 14.3. The maximum atomic E-state index is 13.3. The molecule has 2 aromatic carbocycles. The minimum Gasteiger partial charge on any atom is -0.448 e. The van der Waals surface area contributed by atoms with Crippen LogP contribution in [0, 0.1) is 12.7 Å². The second-order valence-corrected chi connectivity index (χ2v) is 11.8. The number of rotatable bonds is 7. The van der Waals surface area contributed by atoms with Crippen molar-refractivity contribution in [1.29, 1.82) is 0 Å². The van der Waals surface area contributed by atoms with Crippen LogP contribution >= 0.6 is 11.3 Å². The summed E-state index contributed by atoms with van der Waals surface area (Å²) in [6, 6.07) is 13.3. The summed E-state index contributed by atoms with van der Waals surface area (Å²) in [6.45, 7) is 4.51. The van der Waals surface area contributed by atoms with Crippen LogP contribution in [0.5, 0.6) is 0 Å². The zero-order valence-corrected chi connectivity index (χ0v) is 22.7. The van der Waals surface area contributed by atoms with Crippen LogP contribution in [0.4, 0.5) is 10.1 Å². The number of carbonyl (C=O) groups excluding carboxylic acids is 2. The predicted octanol–water partition coefficient (Wildman–Crippen LogP) is 3.74. The van der Waals surface area contributed by atoms with Crippen molar-refractivity contribution in [3.63, 3.8) is 0 Å². The molecule has 0 unspecified atom stereocenters. The van der Waals surface area contributed by atoms with Crippen molar-refractivity contribution in [2.24, 2.45) is 0 Å². The minimum atomic E-state index is -3.65. The van der Waals surface area contributed by atoms with E-state index in [1.165, 1.54) is 47.6 Å². The number of amides is 1. The van der Waals surface area contributed by atoms with E-state index in [0.717, 1.165) is 16.7 Å². The molecule has 1 aliphatic heterocycles. The van der Waals surface area contributed by atoms with Crippen molar-refractivity contribution < 1.29 is 31.9 Å². The van der Waals surface area contributed by atoms with Crippen molar-refractivity contribution in [3.8, 4) is 5.69 Å². The molecule has 4 aromatic rings. The molecule has 13 heteroatoms. The van der Waals surface area contributed by atoms with Crippen LogP contribution in [-0.4, -0.2) is 66.8 Å². The van der Waals surface area contributed by atoms with Crippen LogP contribution in [0.15, 0.2) is 59.5 Å². The fourth-order valence-corrected chi connectivity index (χ4v) is 6.54. The van der Waals surface area contributed by atoms with Gasteiger partial charge in [-0.15, -0.1) is 11.3 Å². The van der Waals surface area contributed by atoms with Gasteiger partial charge in [0.1, 0.15) is 15.5 Å². The quantitative estimate of drug-likeness (QED) is 0.335. The number of aryl methyl sites for hydroxylation is 1. The maximum absolute atomic E-state index is 13.3. The smallest absolute Gasteiger partial charge is 0.349 e. The van der Waals surface area contributed by atoms with E-state index >= 15 is 0 Å². The first kappa shape index (κ1) is 26.9. The van der Waals surface area contributed by atoms with Crippen LogP contribution in [0.2, 0.25) is 0 Å². The molecule has 10 nitrogen and oxygen atoms in total. The van der Waals surface area contributed by atoms with Crippen LogP contribution in [0.25, 0.3) is 15.9 Å². The lowest BCUT2D eigenvalue weighted by Gasteiger charge is -2.26. The zero-order chi connectivity index (χ0) is 27.7. The minimum absolute atomic E-state index is 0.112. The molecular weight excluding hydrogens is 547 g/mol. The molecule has 5 rings (SSSR count). The van der Waals surface area contributed by atoms with Crippen molar-refractivity contribution in [2.75, 3.05) is 31.6 Å². The van der Waals surface area contributed by atoms with Crippen molar-refractivity contribution in [1.82, 2.24) is 14.1 Å². The molecular formula is C26H25FN4O6S2. The molecule has 1 fully saturated rings. The van der Waals surface area contributed by atoms with Gasteiger partial charge in [-0.2, -0.15) is 9.40 Å². The monoisotopic (exact) mass is 572 g/mol. The highest BCUT2D eigenvalue weighted by atomic mass is 32.2. The second-order valence-electron chi connectivity index (χ2n) is 8.88. The van der Waals surface area contributed by atoms with Crippen molar-refractivity contribution in [3.05, 3.63) is 71.0 Å². The van der Waals surface area contributed by atoms with Crippen molar-refractivity contribution >= 4 is 49.1 Å². The highest BCUT2D eigenvalue weighted by molar-refractivity contribution is 7.89. The first-order valence-electron chi connectivity index (χ1n) is 12.1. The number of halogens is 1. The molecule has 1 N–H and O–H groups in total. The Hall–Kier alpha value is -3.65. The molecule has 1 amide bonds. The molecule has 3 heterocycles. The third kappa shape index (κ3) is 5.57. The van der Waals surface area contributed by atoms with Crippen LogP contribution < -0.4 is 5.32 Å². The SMILES string of the molecule is Cc1nn(-c2ccc(F)cc2)c2sc(C(=O)O[C@H](C)C(=O)Nc3ccc(S(=O)(=O)N4CCOCC4)cc3)cc12. The Morgan fingerprint density at radius 2 is 1.77 bits per heavy atom. The highest BCUT2D eigenvalue weighted by Crippen LogP contribution is 2.31. The Labute approximate surface area is 228 Å². The van der Waals surface area contributed by atoms with Crippen LogP contribution in [0.3, 0.4) is 0 Å². The van der Waals surface area contributed by atoms with Gasteiger partial charge in [0.25, 0.3) is 5.91 Å². The molecule has 0 radical (unpaired) electrons. The second kappa shape index (κ2) is 10.8. The number of aromatic nitrogens is 2. The molecule has 0 bridgehead atoms. The van der Waals surface area contributed by atoms with Gasteiger partial charge in [0.2, 0.25) is 10.0 Å². The summed E-state index contributed by atoms with van der Waals surface area (Å²) in [5.41, 5.74) is 1.70. The lowest BCUT2D eigenvalue weighted by atomic mass is 10.3. The number of anilines is 1. The van der Waals surface area contributed by atoms with Gasteiger partial charge in [0, 0.05) is 24.2 Å². The van der Waals surface area contributed by atoms with E-state index in [1.807, 2.05) is 0 Å². The number of esters is 1. The molecule has 1 saturated heterocycles. The zero-order valence-electron chi connectivity index (χ0n) is 21.1. The van der Waals surface area contributed by atoms with E-state index in [-0.39, 0.29) is 23.8 Å². The number of morpholine rings is 1. The molecule has 0 spiro atoms. The molecule has 39 heavy (non-hydrogen) atoms. The fraction of sp³-hybridized carbons (Fsp3) is 0.269. The van der Waals surface area contributed by atoms with Crippen LogP contribution in [0.1, 0.15) is 22.3 Å². The molecule has 204 valence electrons. The highest BCUT2D eigenvalue weighted by Gasteiger charge is 2.27. The molecule has 0 saturated carbocycles. The molecule has 2 aromatic heterocycles. The first-order chi connectivity index (χ1) is 18.6. The average molecular weight is 573 g/mol. The summed E-state index contributed by atoms with van der Waals surface area (Å²) < 4.78 is 52.5. The number of benzene rings is 2. The van der Waals surface area contributed by atoms with E-state index in [2.05, 4.69) is 10.4 Å². The van der Waals surface area contributed by atoms with Gasteiger partial charge in [-0.3, -0.25) is 4.79 Å². The number of hydrogen-bond acceptors (Lipinski definition) is 8. The van der Waals surface area contributed by atoms with Gasteiger partial charge in [-0.1, -0.05) is 0 Å². The maximum Gasteiger partial charge on any atom is 0.349 e. The van der Waals surface area contributed by atoms with Gasteiger partial charge in [-0.05, 0) is 68.4 Å². The van der Waals surface area contributed by atoms with E-state index in [4.69, 9.17) is 9.47 Å². The lowest BCUT2D eigenvalue weighted by Crippen LogP contribution is -2.40. The largest absolute Gasteiger partial charge is 0.448 e. The number of ether oxygens (including phenoxy) is 2. The summed E-state index contributed by atoms with van der Waals surface area (Å²) >= 11 is 1.16. The predicted molar refractivity (Wildman–Crippen MR) is 143 cm³/mol. The Balaban J connectivity index is 1.24. The third-order valence-corrected chi connectivity index (χ3v) is 9.20. The number of nitrogens with zero attached hydrogens (tertiary/aromatic N) is 3. The van der Waals surface area contributed by atoms with Crippen molar-refractivity contribution in [2.45, 2.75) is 24.8 Å². The average Bonchev–Trinajstić information content (AvgIpc) is 3.50. The Morgan fingerprint density at radius 1 is 1.10 bits per heavy atom. The third-order valence-electron chi connectivity index (χ3n) is 6.20. The number of nitrogens with one attached hydrogen (secondary N) is 1. The lowest BCUT2D eigenvalue weighted by molar-refractivity contribution is -0.123. The number of sulfonamides is 1. The number of carbonyl (C=O) groups is 2.